The van der Waals surface area contributed by atoms with Gasteiger partial charge in [0.2, 0.25) is 5.79 Å². The molecule has 1 heterocycles. The number of aliphatic hydroxyl groups is 2. The summed E-state index contributed by atoms with van der Waals surface area (Å²) < 4.78 is 26.3. The van der Waals surface area contributed by atoms with Gasteiger partial charge in [-0.3, -0.25) is 0 Å². The molecule has 6 atom stereocenters. The van der Waals surface area contributed by atoms with Gasteiger partial charge in [0.1, 0.15) is 30.4 Å². The standard InChI is InChI=1S/C46H56N2O8/c1-5-7-28-53-45(51)48(3)42-31-40(47-52-4)38-29-34(17-11-13-25-49)37(18-12-14-26-50)43-39-30-36(23-24-41(39)56-46(42,44(38)43)54-27-6-2)55-35-21-19-33(20-22-35)32-15-9-8-10-16-32/h5-6,8-10,15-16,19-24,29-30,34,37,42-44,49-50H,1-2,7,11-14,17-18,25-28,31H2,3-4H3/t34-,37+,42-,43+,44+,46+/m0/s1. The van der Waals surface area contributed by atoms with Gasteiger partial charge in [0.15, 0.2) is 0 Å². The molecule has 1 aliphatic heterocycles. The zero-order valence-electron chi connectivity index (χ0n) is 32.7. The second-order valence-electron chi connectivity index (χ2n) is 14.8. The van der Waals surface area contributed by atoms with Gasteiger partial charge in [0.25, 0.3) is 0 Å². The summed E-state index contributed by atoms with van der Waals surface area (Å²) in [4.78, 5) is 20.8. The number of fused-ring (bicyclic) bond motifs is 2. The summed E-state index contributed by atoms with van der Waals surface area (Å²) in [5.74, 6) is 0.306. The Balaban J connectivity index is 1.49. The van der Waals surface area contributed by atoms with Crippen molar-refractivity contribution in [3.8, 4) is 28.4 Å². The molecule has 2 aliphatic carbocycles. The minimum atomic E-state index is -1.35. The van der Waals surface area contributed by atoms with Crippen LogP contribution in [0.5, 0.6) is 17.2 Å². The lowest BCUT2D eigenvalue weighted by molar-refractivity contribution is -0.253. The number of nitrogens with zero attached hydrogens (tertiary/aromatic N) is 2. The molecule has 10 nitrogen and oxygen atoms in total. The van der Waals surface area contributed by atoms with Crippen LogP contribution in [0, 0.1) is 17.8 Å². The van der Waals surface area contributed by atoms with Crippen LogP contribution in [0.1, 0.15) is 62.8 Å². The first kappa shape index (κ1) is 40.8. The van der Waals surface area contributed by atoms with Crippen LogP contribution in [0.3, 0.4) is 0 Å². The molecule has 0 aromatic heterocycles. The van der Waals surface area contributed by atoms with Gasteiger partial charge in [-0.15, -0.1) is 13.2 Å². The van der Waals surface area contributed by atoms with Crippen molar-refractivity contribution in [3.05, 3.63) is 115 Å². The first-order chi connectivity index (χ1) is 27.4. The Bertz CT molecular complexity index is 1840. The molecule has 1 fully saturated rings. The number of likely N-dealkylation sites (N-methyl/N-ethyl adjacent to an activating group) is 1. The first-order valence-electron chi connectivity index (χ1n) is 19.8. The normalized spacial score (nSPS) is 24.2. The molecule has 10 heteroatoms. The SMILES string of the molecule is C=CCCOC(=O)N(C)[C@H]1CC(=NOC)C2=C[C@H](CCCCO)[C@@H](CCCCO)[C@@H]3c4cc(Oc5ccc(-c6ccccc6)cc5)ccc4O[C@@]1(OCC=C)[C@H]23. The van der Waals surface area contributed by atoms with Crippen molar-refractivity contribution < 1.29 is 38.8 Å². The zero-order valence-corrected chi connectivity index (χ0v) is 32.7. The van der Waals surface area contributed by atoms with Crippen LogP contribution < -0.4 is 9.47 Å². The van der Waals surface area contributed by atoms with E-state index in [1.165, 1.54) is 7.11 Å². The second kappa shape index (κ2) is 19.3. The fourth-order valence-electron chi connectivity index (χ4n) is 8.84. The maximum Gasteiger partial charge on any atom is 0.409 e. The third kappa shape index (κ3) is 8.73. The number of carbonyl (C=O) groups excluding carboxylic acids is 1. The van der Waals surface area contributed by atoms with E-state index in [0.29, 0.717) is 42.9 Å². The topological polar surface area (TPSA) is 119 Å². The number of hydrogen-bond acceptors (Lipinski definition) is 9. The number of hydrogen-bond donors (Lipinski definition) is 2. The first-order valence-corrected chi connectivity index (χ1v) is 19.8. The van der Waals surface area contributed by atoms with Gasteiger partial charge in [-0.05, 0) is 91.0 Å². The quantitative estimate of drug-likeness (QED) is 0.0706. The van der Waals surface area contributed by atoms with Crippen molar-refractivity contribution in [2.24, 2.45) is 22.9 Å². The molecule has 2 N–H and O–H groups in total. The van der Waals surface area contributed by atoms with Crippen LogP contribution >= 0.6 is 0 Å². The number of amides is 1. The maximum atomic E-state index is 13.7. The van der Waals surface area contributed by atoms with Gasteiger partial charge in [-0.1, -0.05) is 78.7 Å². The molecule has 0 radical (unpaired) electrons. The van der Waals surface area contributed by atoms with Crippen molar-refractivity contribution in [1.82, 2.24) is 4.90 Å². The Morgan fingerprint density at radius 3 is 2.36 bits per heavy atom. The lowest BCUT2D eigenvalue weighted by atomic mass is 9.55. The van der Waals surface area contributed by atoms with E-state index < -0.39 is 23.8 Å². The molecule has 0 unspecified atom stereocenters. The third-order valence-corrected chi connectivity index (χ3v) is 11.3. The fraction of sp³-hybridized carbons (Fsp3) is 0.435. The van der Waals surface area contributed by atoms with Crippen LogP contribution in [0.4, 0.5) is 4.79 Å². The van der Waals surface area contributed by atoms with E-state index in [0.717, 1.165) is 53.7 Å². The number of oxime groups is 1. The molecule has 56 heavy (non-hydrogen) atoms. The van der Waals surface area contributed by atoms with Crippen molar-refractivity contribution >= 4 is 11.8 Å². The zero-order chi connectivity index (χ0) is 39.5. The van der Waals surface area contributed by atoms with E-state index in [2.05, 4.69) is 54.7 Å². The molecule has 3 aromatic carbocycles. The predicted octanol–water partition coefficient (Wildman–Crippen LogP) is 9.05. The van der Waals surface area contributed by atoms with Crippen molar-refractivity contribution in [3.63, 3.8) is 0 Å². The molecule has 3 aliphatic rings. The number of benzene rings is 3. The highest BCUT2D eigenvalue weighted by Crippen LogP contribution is 2.62. The molecule has 1 saturated carbocycles. The Hall–Kier alpha value is -4.90. The summed E-state index contributed by atoms with van der Waals surface area (Å²) >= 11 is 0. The number of allylic oxidation sites excluding steroid dienone is 1. The van der Waals surface area contributed by atoms with Gasteiger partial charge in [0.05, 0.1) is 24.8 Å². The molecule has 3 aromatic rings. The van der Waals surface area contributed by atoms with E-state index >= 15 is 0 Å². The number of aliphatic hydroxyl groups excluding tert-OH is 2. The summed E-state index contributed by atoms with van der Waals surface area (Å²) in [6.07, 6.45) is 10.8. The smallest absolute Gasteiger partial charge is 0.409 e. The fourth-order valence-corrected chi connectivity index (χ4v) is 8.84. The maximum absolute atomic E-state index is 13.7. The van der Waals surface area contributed by atoms with Crippen LogP contribution in [0.15, 0.2) is 115 Å². The van der Waals surface area contributed by atoms with Gasteiger partial charge in [0, 0.05) is 38.2 Å². The van der Waals surface area contributed by atoms with Crippen LogP contribution in [-0.4, -0.2) is 79.3 Å². The van der Waals surface area contributed by atoms with E-state index in [1.807, 2.05) is 42.5 Å². The van der Waals surface area contributed by atoms with Gasteiger partial charge in [-0.25, -0.2) is 4.79 Å². The average Bonchev–Trinajstić information content (AvgIpc) is 3.22. The minimum Gasteiger partial charge on any atom is -0.459 e. The number of unbranched alkanes of at least 4 members (excludes halogenated alkanes) is 2. The Labute approximate surface area is 331 Å². The highest BCUT2D eigenvalue weighted by Gasteiger charge is 2.65. The summed E-state index contributed by atoms with van der Waals surface area (Å²) in [5, 5.41) is 24.2. The van der Waals surface area contributed by atoms with Crippen LogP contribution in [-0.2, 0) is 14.3 Å². The molecule has 0 bridgehead atoms. The Morgan fingerprint density at radius 1 is 0.946 bits per heavy atom. The largest absolute Gasteiger partial charge is 0.459 e. The van der Waals surface area contributed by atoms with E-state index in [9.17, 15) is 15.0 Å². The average molecular weight is 765 g/mol. The van der Waals surface area contributed by atoms with Crippen molar-refractivity contribution in [1.29, 1.82) is 0 Å². The third-order valence-electron chi connectivity index (χ3n) is 11.3. The summed E-state index contributed by atoms with van der Waals surface area (Å²) in [7, 11) is 3.25. The Kier molecular flexibility index (Phi) is 14.0. The molecular weight excluding hydrogens is 709 g/mol. The molecular formula is C46H56N2O8. The number of carbonyl (C=O) groups is 1. The van der Waals surface area contributed by atoms with Crippen LogP contribution in [0.25, 0.3) is 11.1 Å². The summed E-state index contributed by atoms with van der Waals surface area (Å²) in [6.45, 7) is 8.33. The van der Waals surface area contributed by atoms with Crippen molar-refractivity contribution in [2.75, 3.05) is 40.6 Å². The highest BCUT2D eigenvalue weighted by atomic mass is 16.7. The van der Waals surface area contributed by atoms with Gasteiger partial charge >= 0.3 is 6.09 Å². The molecule has 0 spiro atoms. The van der Waals surface area contributed by atoms with E-state index in [-0.39, 0.29) is 44.2 Å². The highest BCUT2D eigenvalue weighted by molar-refractivity contribution is 6.02. The summed E-state index contributed by atoms with van der Waals surface area (Å²) in [5.41, 5.74) is 4.89. The molecule has 0 saturated heterocycles. The molecule has 1 amide bonds. The summed E-state index contributed by atoms with van der Waals surface area (Å²) in [6, 6.07) is 23.6. The monoisotopic (exact) mass is 764 g/mol. The van der Waals surface area contributed by atoms with Crippen LogP contribution in [0.2, 0.25) is 0 Å². The molecule has 298 valence electrons. The number of rotatable bonds is 19. The van der Waals surface area contributed by atoms with E-state index in [1.54, 1.807) is 24.1 Å². The Morgan fingerprint density at radius 2 is 1.66 bits per heavy atom. The van der Waals surface area contributed by atoms with Gasteiger partial charge in [-0.2, -0.15) is 0 Å². The molecule has 6 rings (SSSR count). The minimum absolute atomic E-state index is 0.0937. The number of ether oxygens (including phenoxy) is 4. The lowest BCUT2D eigenvalue weighted by Crippen LogP contribution is -2.69. The van der Waals surface area contributed by atoms with Gasteiger partial charge < -0.3 is 38.9 Å². The lowest BCUT2D eigenvalue weighted by Gasteiger charge is -2.59. The predicted molar refractivity (Wildman–Crippen MR) is 218 cm³/mol. The van der Waals surface area contributed by atoms with E-state index in [4.69, 9.17) is 23.8 Å². The second-order valence-corrected chi connectivity index (χ2v) is 14.8. The van der Waals surface area contributed by atoms with Crippen molar-refractivity contribution in [2.45, 2.75) is 69.1 Å².